The summed E-state index contributed by atoms with van der Waals surface area (Å²) in [6, 6.07) is 16.0. The number of hydrogen-bond donors (Lipinski definition) is 1. The first-order valence-electron chi connectivity index (χ1n) is 9.57. The van der Waals surface area contributed by atoms with Gasteiger partial charge in [-0.05, 0) is 80.4 Å². The van der Waals surface area contributed by atoms with Crippen LogP contribution in [0.1, 0.15) is 40.3 Å². The minimum absolute atomic E-state index is 0.0836. The molecule has 1 aliphatic heterocycles. The standard InChI is InChI=1S/C23H22N2O4/c1-15(2)29-19-8-5-16(6-9-19)22(26)24-18-7-10-20-17(14-18)11-12-25(20)23(27)21-4-3-13-28-21/h3-10,13-15H,11-12H2,1-2H3,(H,24,26). The molecule has 0 atom stereocenters. The van der Waals surface area contributed by atoms with E-state index in [-0.39, 0.29) is 17.9 Å². The highest BCUT2D eigenvalue weighted by Crippen LogP contribution is 2.32. The van der Waals surface area contributed by atoms with Gasteiger partial charge in [0, 0.05) is 23.5 Å². The maximum Gasteiger partial charge on any atom is 0.293 e. The third-order valence-electron chi connectivity index (χ3n) is 4.70. The molecule has 2 aromatic carbocycles. The maximum absolute atomic E-state index is 12.6. The fourth-order valence-electron chi connectivity index (χ4n) is 3.38. The van der Waals surface area contributed by atoms with Crippen molar-refractivity contribution in [2.75, 3.05) is 16.8 Å². The van der Waals surface area contributed by atoms with E-state index in [1.807, 2.05) is 26.0 Å². The van der Waals surface area contributed by atoms with Crippen LogP contribution in [0.3, 0.4) is 0 Å². The molecule has 6 nitrogen and oxygen atoms in total. The van der Waals surface area contributed by atoms with Crippen LogP contribution in [0.5, 0.6) is 5.75 Å². The number of ether oxygens (including phenoxy) is 1. The lowest BCUT2D eigenvalue weighted by Gasteiger charge is -2.16. The lowest BCUT2D eigenvalue weighted by Crippen LogP contribution is -2.28. The third-order valence-corrected chi connectivity index (χ3v) is 4.70. The Morgan fingerprint density at radius 1 is 1.10 bits per heavy atom. The van der Waals surface area contributed by atoms with Crippen LogP contribution in [0.2, 0.25) is 0 Å². The number of furan rings is 1. The Morgan fingerprint density at radius 3 is 2.59 bits per heavy atom. The lowest BCUT2D eigenvalue weighted by molar-refractivity contribution is 0.0961. The molecule has 4 rings (SSSR count). The zero-order chi connectivity index (χ0) is 20.4. The number of hydrogen-bond acceptors (Lipinski definition) is 4. The van der Waals surface area contributed by atoms with Gasteiger partial charge in [-0.1, -0.05) is 0 Å². The summed E-state index contributed by atoms with van der Waals surface area (Å²) < 4.78 is 10.8. The van der Waals surface area contributed by atoms with E-state index in [1.165, 1.54) is 6.26 Å². The number of carbonyl (C=O) groups excluding carboxylic acids is 2. The van der Waals surface area contributed by atoms with Gasteiger partial charge < -0.3 is 19.4 Å². The summed E-state index contributed by atoms with van der Waals surface area (Å²) in [4.78, 5) is 26.8. The molecule has 0 spiro atoms. The second-order valence-electron chi connectivity index (χ2n) is 7.17. The number of fused-ring (bicyclic) bond motifs is 1. The summed E-state index contributed by atoms with van der Waals surface area (Å²) in [5, 5.41) is 2.92. The Labute approximate surface area is 169 Å². The molecule has 0 saturated heterocycles. The van der Waals surface area contributed by atoms with Gasteiger partial charge in [-0.25, -0.2) is 0 Å². The predicted octanol–water partition coefficient (Wildman–Crippen LogP) is 4.52. The van der Waals surface area contributed by atoms with Crippen molar-refractivity contribution in [3.05, 3.63) is 77.7 Å². The molecule has 1 aromatic heterocycles. The van der Waals surface area contributed by atoms with Gasteiger partial charge in [0.15, 0.2) is 5.76 Å². The topological polar surface area (TPSA) is 71.8 Å². The maximum atomic E-state index is 12.6. The van der Waals surface area contributed by atoms with E-state index < -0.39 is 0 Å². The predicted molar refractivity (Wildman–Crippen MR) is 111 cm³/mol. The first-order valence-corrected chi connectivity index (χ1v) is 9.57. The molecule has 0 saturated carbocycles. The van der Waals surface area contributed by atoms with Gasteiger partial charge in [-0.15, -0.1) is 0 Å². The minimum Gasteiger partial charge on any atom is -0.491 e. The summed E-state index contributed by atoms with van der Waals surface area (Å²) in [7, 11) is 0. The van der Waals surface area contributed by atoms with Gasteiger partial charge in [-0.3, -0.25) is 9.59 Å². The fourth-order valence-corrected chi connectivity index (χ4v) is 3.38. The van der Waals surface area contributed by atoms with E-state index in [1.54, 1.807) is 47.4 Å². The number of benzene rings is 2. The molecule has 3 aromatic rings. The monoisotopic (exact) mass is 390 g/mol. The summed E-state index contributed by atoms with van der Waals surface area (Å²) in [5.41, 5.74) is 3.11. The summed E-state index contributed by atoms with van der Waals surface area (Å²) in [6.45, 7) is 4.50. The number of nitrogens with one attached hydrogen (secondary N) is 1. The van der Waals surface area contributed by atoms with Crippen molar-refractivity contribution in [3.8, 4) is 5.75 Å². The Kier molecular flexibility index (Phi) is 5.08. The largest absolute Gasteiger partial charge is 0.491 e. The zero-order valence-corrected chi connectivity index (χ0v) is 16.3. The van der Waals surface area contributed by atoms with Crippen LogP contribution in [0, 0.1) is 0 Å². The smallest absolute Gasteiger partial charge is 0.293 e. The molecular weight excluding hydrogens is 368 g/mol. The first kappa shape index (κ1) is 18.8. The Bertz CT molecular complexity index is 1020. The normalized spacial score (nSPS) is 12.7. The lowest BCUT2D eigenvalue weighted by atomic mass is 10.1. The SMILES string of the molecule is CC(C)Oc1ccc(C(=O)Nc2ccc3c(c2)CCN3C(=O)c2ccco2)cc1. The van der Waals surface area contributed by atoms with E-state index >= 15 is 0 Å². The minimum atomic E-state index is -0.192. The molecule has 0 unspecified atom stereocenters. The van der Waals surface area contributed by atoms with Gasteiger partial charge in [0.05, 0.1) is 12.4 Å². The summed E-state index contributed by atoms with van der Waals surface area (Å²) in [6.07, 6.45) is 2.30. The molecule has 0 bridgehead atoms. The Morgan fingerprint density at radius 2 is 1.90 bits per heavy atom. The van der Waals surface area contributed by atoms with E-state index in [0.29, 0.717) is 23.6 Å². The van der Waals surface area contributed by atoms with E-state index in [0.717, 1.165) is 23.4 Å². The number of amides is 2. The molecule has 0 radical (unpaired) electrons. The summed E-state index contributed by atoms with van der Waals surface area (Å²) in [5.74, 6) is 0.701. The molecule has 0 aliphatic carbocycles. The van der Waals surface area contributed by atoms with Crippen molar-refractivity contribution in [3.63, 3.8) is 0 Å². The van der Waals surface area contributed by atoms with E-state index in [9.17, 15) is 9.59 Å². The zero-order valence-electron chi connectivity index (χ0n) is 16.3. The Hall–Kier alpha value is -3.54. The highest BCUT2D eigenvalue weighted by atomic mass is 16.5. The van der Waals surface area contributed by atoms with Gasteiger partial charge in [0.2, 0.25) is 0 Å². The number of nitrogens with zero attached hydrogens (tertiary/aromatic N) is 1. The van der Waals surface area contributed by atoms with E-state index in [4.69, 9.17) is 9.15 Å². The quantitative estimate of drug-likeness (QED) is 0.695. The van der Waals surface area contributed by atoms with Gasteiger partial charge >= 0.3 is 0 Å². The van der Waals surface area contributed by atoms with Gasteiger partial charge in [0.25, 0.3) is 11.8 Å². The van der Waals surface area contributed by atoms with Crippen LogP contribution >= 0.6 is 0 Å². The second-order valence-corrected chi connectivity index (χ2v) is 7.17. The van der Waals surface area contributed by atoms with Crippen LogP contribution in [-0.2, 0) is 6.42 Å². The highest BCUT2D eigenvalue weighted by Gasteiger charge is 2.27. The van der Waals surface area contributed by atoms with Gasteiger partial charge in [0.1, 0.15) is 5.75 Å². The molecule has 1 aliphatic rings. The summed E-state index contributed by atoms with van der Waals surface area (Å²) >= 11 is 0. The van der Waals surface area contributed by atoms with Crippen molar-refractivity contribution >= 4 is 23.2 Å². The molecule has 6 heteroatoms. The number of rotatable bonds is 5. The van der Waals surface area contributed by atoms with Crippen molar-refractivity contribution in [2.45, 2.75) is 26.4 Å². The highest BCUT2D eigenvalue weighted by molar-refractivity contribution is 6.07. The van der Waals surface area contributed by atoms with Crippen LogP contribution in [0.25, 0.3) is 0 Å². The fraction of sp³-hybridized carbons (Fsp3) is 0.217. The average molecular weight is 390 g/mol. The molecular formula is C23H22N2O4. The van der Waals surface area contributed by atoms with Crippen molar-refractivity contribution in [1.29, 1.82) is 0 Å². The first-order chi connectivity index (χ1) is 14.0. The van der Waals surface area contributed by atoms with Crippen LogP contribution in [-0.4, -0.2) is 24.5 Å². The third kappa shape index (κ3) is 4.01. The molecule has 0 fully saturated rings. The van der Waals surface area contributed by atoms with Crippen LogP contribution in [0.4, 0.5) is 11.4 Å². The number of carbonyl (C=O) groups is 2. The van der Waals surface area contributed by atoms with Crippen molar-refractivity contribution in [1.82, 2.24) is 0 Å². The molecule has 1 N–H and O–H groups in total. The molecule has 148 valence electrons. The van der Waals surface area contributed by atoms with E-state index in [2.05, 4.69) is 5.32 Å². The Balaban J connectivity index is 1.46. The van der Waals surface area contributed by atoms with Crippen LogP contribution in [0.15, 0.2) is 65.3 Å². The number of anilines is 2. The van der Waals surface area contributed by atoms with Gasteiger partial charge in [-0.2, -0.15) is 0 Å². The average Bonchev–Trinajstić information content (AvgIpc) is 3.37. The van der Waals surface area contributed by atoms with Crippen molar-refractivity contribution < 1.29 is 18.7 Å². The molecule has 2 heterocycles. The molecule has 29 heavy (non-hydrogen) atoms. The molecule has 2 amide bonds. The van der Waals surface area contributed by atoms with Crippen LogP contribution < -0.4 is 15.0 Å². The van der Waals surface area contributed by atoms with Crippen molar-refractivity contribution in [2.24, 2.45) is 0 Å². The second kappa shape index (κ2) is 7.83.